The normalized spacial score (nSPS) is 13.1. The molecule has 2 N–H and O–H groups in total. The Balaban J connectivity index is 0.000000216. The van der Waals surface area contributed by atoms with Crippen molar-refractivity contribution in [2.45, 2.75) is 48.1 Å². The van der Waals surface area contributed by atoms with Crippen molar-refractivity contribution in [3.8, 4) is 68.9 Å². The van der Waals surface area contributed by atoms with Gasteiger partial charge in [-0.05, 0) is 62.4 Å². The van der Waals surface area contributed by atoms with Gasteiger partial charge < -0.3 is 38.6 Å². The van der Waals surface area contributed by atoms with Crippen molar-refractivity contribution in [2.24, 2.45) is 0 Å². The summed E-state index contributed by atoms with van der Waals surface area (Å²) in [4.78, 5) is 24.4. The zero-order chi connectivity index (χ0) is 53.2. The summed E-state index contributed by atoms with van der Waals surface area (Å²) < 4.78 is 89.3. The maximum absolute atomic E-state index is 13.5. The first-order valence-electron chi connectivity index (χ1n) is 22.2. The van der Waals surface area contributed by atoms with Crippen LogP contribution in [0.4, 0.5) is 0 Å². The van der Waals surface area contributed by atoms with Crippen LogP contribution in [0.3, 0.4) is 0 Å². The molecule has 0 saturated carbocycles. The van der Waals surface area contributed by atoms with Gasteiger partial charge in [0.25, 0.3) is 0 Å². The molecule has 388 valence electrons. The van der Waals surface area contributed by atoms with Gasteiger partial charge >= 0.3 is 0 Å². The maximum Gasteiger partial charge on any atom is 0.231 e. The van der Waals surface area contributed by atoms with E-state index in [1.165, 1.54) is 81.3 Å². The first-order valence-corrected chi connectivity index (χ1v) is 25.7. The van der Waals surface area contributed by atoms with Gasteiger partial charge in [-0.2, -0.15) is 0 Å². The second-order valence-electron chi connectivity index (χ2n) is 15.9. The van der Waals surface area contributed by atoms with Crippen molar-refractivity contribution in [1.82, 2.24) is 59.4 Å². The van der Waals surface area contributed by atoms with Crippen LogP contribution in [0.25, 0.3) is 34.2 Å². The number of ether oxygens (including phenoxy) is 6. The number of aliphatic hydroxyl groups excluding tert-OH is 2. The highest BCUT2D eigenvalue weighted by molar-refractivity contribution is 7.91. The molecule has 0 amide bonds. The number of benzene rings is 2. The van der Waals surface area contributed by atoms with Crippen molar-refractivity contribution < 1.29 is 55.5 Å². The van der Waals surface area contributed by atoms with Crippen LogP contribution in [-0.2, 0) is 31.2 Å². The Bertz CT molecular complexity index is 3100. The van der Waals surface area contributed by atoms with Crippen molar-refractivity contribution in [3.63, 3.8) is 0 Å². The second-order valence-corrected chi connectivity index (χ2v) is 20.7. The van der Waals surface area contributed by atoms with Gasteiger partial charge in [0, 0.05) is 35.9 Å². The third kappa shape index (κ3) is 11.5. The van der Waals surface area contributed by atoms with Crippen LogP contribution >= 0.6 is 0 Å². The lowest BCUT2D eigenvalue weighted by molar-refractivity contribution is 0.170. The molecule has 2 aromatic carbocycles. The molecule has 6 aromatic heterocycles. The summed E-state index contributed by atoms with van der Waals surface area (Å²) in [7, 11) is 0.880. The number of sulfone groups is 2. The largest absolute Gasteiger partial charge is 0.494 e. The Morgan fingerprint density at radius 2 is 0.838 bits per heavy atom. The molecule has 8 aromatic rings. The number of hydrogen-bond acceptors (Lipinski definition) is 22. The van der Waals surface area contributed by atoms with Gasteiger partial charge in [-0.3, -0.25) is 29.1 Å². The molecule has 0 aliphatic carbocycles. The Hall–Kier alpha value is -8.20. The summed E-state index contributed by atoms with van der Waals surface area (Å²) in [5, 5.41) is 36.1. The fourth-order valence-corrected chi connectivity index (χ4v) is 10.1. The van der Waals surface area contributed by atoms with Crippen LogP contribution in [0, 0.1) is 0 Å². The van der Waals surface area contributed by atoms with Crippen molar-refractivity contribution in [1.29, 1.82) is 0 Å². The molecule has 0 saturated heterocycles. The monoisotopic (exact) mass is 1050 g/mol. The van der Waals surface area contributed by atoms with Crippen LogP contribution in [-0.4, -0.2) is 140 Å². The first kappa shape index (κ1) is 53.6. The van der Waals surface area contributed by atoms with Gasteiger partial charge in [0.2, 0.25) is 11.8 Å². The van der Waals surface area contributed by atoms with E-state index in [4.69, 9.17) is 28.4 Å². The molecule has 0 radical (unpaired) electrons. The van der Waals surface area contributed by atoms with E-state index < -0.39 is 53.9 Å². The number of para-hydroxylation sites is 2. The highest BCUT2D eigenvalue weighted by Crippen LogP contribution is 2.39. The van der Waals surface area contributed by atoms with E-state index in [0.717, 1.165) is 0 Å². The van der Waals surface area contributed by atoms with E-state index in [9.17, 15) is 27.0 Å². The summed E-state index contributed by atoms with van der Waals surface area (Å²) in [6.45, 7) is 2.80. The molecule has 0 spiro atoms. The smallest absolute Gasteiger partial charge is 0.231 e. The predicted octanol–water partition coefficient (Wildman–Crippen LogP) is 4.36. The first-order chi connectivity index (χ1) is 35.6. The quantitative estimate of drug-likeness (QED) is 0.107. The number of aromatic nitrogens is 12. The number of methoxy groups -OCH3 is 6. The number of nitrogens with zero attached hydrogens (tertiary/aromatic N) is 12. The molecule has 0 aliphatic heterocycles. The minimum Gasteiger partial charge on any atom is -0.494 e. The number of aliphatic hydroxyl groups is 2. The maximum atomic E-state index is 13.5. The van der Waals surface area contributed by atoms with Crippen LogP contribution in [0.5, 0.6) is 34.8 Å². The van der Waals surface area contributed by atoms with Gasteiger partial charge in [0.1, 0.15) is 58.1 Å². The molecular formula is C48H52N12O12S2. The lowest BCUT2D eigenvalue weighted by Crippen LogP contribution is -2.28. The Morgan fingerprint density at radius 1 is 0.473 bits per heavy atom. The molecule has 8 rings (SSSR count). The highest BCUT2D eigenvalue weighted by Gasteiger charge is 2.36. The van der Waals surface area contributed by atoms with Gasteiger partial charge in [-0.15, -0.1) is 20.4 Å². The van der Waals surface area contributed by atoms with Crippen molar-refractivity contribution in [2.75, 3.05) is 42.7 Å². The second kappa shape index (κ2) is 23.6. The van der Waals surface area contributed by atoms with Crippen LogP contribution in [0.15, 0.2) is 110 Å². The van der Waals surface area contributed by atoms with E-state index in [1.54, 1.807) is 94.6 Å². The average Bonchev–Trinajstić information content (AvgIpc) is 4.05. The fraction of sp³-hybridized carbons (Fsp3) is 0.292. The summed E-state index contributed by atoms with van der Waals surface area (Å²) in [6, 6.07) is 17.4. The lowest BCUT2D eigenvalue weighted by atomic mass is 10.2. The number of hydrogen-bond donors (Lipinski definition) is 2. The standard InChI is InChI=1S/2C24H26N6O6S/c2*1-15(23(31)17-12-27-21(36-4)13-26-17)37(32,33)14-20-28-29-24(16-7-6-10-25-11-16)30(20)22-18(34-2)8-5-9-19(22)35-3/h2*5-13,15,23,31H,14H2,1-4H3/t2*15-,23-/m10/s1. The zero-order valence-corrected chi connectivity index (χ0v) is 42.9. The van der Waals surface area contributed by atoms with E-state index in [1.807, 2.05) is 0 Å². The molecule has 26 heteroatoms. The lowest BCUT2D eigenvalue weighted by Gasteiger charge is -2.20. The summed E-state index contributed by atoms with van der Waals surface area (Å²) in [6.07, 6.45) is 8.72. The van der Waals surface area contributed by atoms with Gasteiger partial charge in [-0.1, -0.05) is 12.1 Å². The molecular weight excluding hydrogens is 1000 g/mol. The zero-order valence-electron chi connectivity index (χ0n) is 41.3. The topological polar surface area (TPSA) is 303 Å². The highest BCUT2D eigenvalue weighted by atomic mass is 32.2. The average molecular weight is 1050 g/mol. The molecule has 6 heterocycles. The van der Waals surface area contributed by atoms with Crippen LogP contribution in [0.1, 0.15) is 49.1 Å². The van der Waals surface area contributed by atoms with Crippen LogP contribution < -0.4 is 28.4 Å². The van der Waals surface area contributed by atoms with Crippen molar-refractivity contribution >= 4 is 19.7 Å². The summed E-state index contributed by atoms with van der Waals surface area (Å²) in [5.74, 6) is 1.98. The SMILES string of the molecule is COc1cnc([C@@H](O)[C@H](C)S(=O)(=O)Cc2nnc(-c3cccnc3)n2-c2c(OC)cccc2OC)cn1.COc1cnc([C@H](O)[C@@H](C)S(=O)(=O)Cc2nnc(-c3cccnc3)n2-c2c(OC)cccc2OC)cn1. The molecule has 74 heavy (non-hydrogen) atoms. The molecule has 24 nitrogen and oxygen atoms in total. The predicted molar refractivity (Wildman–Crippen MR) is 267 cm³/mol. The molecule has 0 bridgehead atoms. The van der Waals surface area contributed by atoms with E-state index >= 15 is 0 Å². The fourth-order valence-electron chi connectivity index (χ4n) is 7.42. The Morgan fingerprint density at radius 3 is 1.12 bits per heavy atom. The van der Waals surface area contributed by atoms with E-state index in [-0.39, 0.29) is 34.8 Å². The Kier molecular flexibility index (Phi) is 17.1. The minimum absolute atomic E-state index is 0.0980. The minimum atomic E-state index is -3.98. The van der Waals surface area contributed by atoms with Gasteiger partial charge in [0.15, 0.2) is 43.0 Å². The number of rotatable bonds is 20. The third-order valence-corrected chi connectivity index (χ3v) is 15.7. The third-order valence-electron chi connectivity index (χ3n) is 11.6. The van der Waals surface area contributed by atoms with Gasteiger partial charge in [-0.25, -0.2) is 26.8 Å². The molecule has 4 atom stereocenters. The molecule has 0 aliphatic rings. The van der Waals surface area contributed by atoms with E-state index in [0.29, 0.717) is 57.1 Å². The number of pyridine rings is 2. The van der Waals surface area contributed by atoms with E-state index in [2.05, 4.69) is 50.3 Å². The summed E-state index contributed by atoms with van der Waals surface area (Å²) >= 11 is 0. The van der Waals surface area contributed by atoms with Crippen LogP contribution in [0.2, 0.25) is 0 Å². The molecule has 0 unspecified atom stereocenters. The molecule has 0 fully saturated rings. The Labute approximate surface area is 425 Å². The summed E-state index contributed by atoms with van der Waals surface area (Å²) in [5.41, 5.74) is 2.26. The van der Waals surface area contributed by atoms with Gasteiger partial charge in [0.05, 0.1) is 89.3 Å². The van der Waals surface area contributed by atoms with Crippen molar-refractivity contribution in [3.05, 3.63) is 133 Å².